The molecule has 6 heteroatoms. The minimum Gasteiger partial charge on any atom is -0.444 e. The number of hydrogen-bond acceptors (Lipinski definition) is 4. The second-order valence-corrected chi connectivity index (χ2v) is 13.8. The molecule has 0 aliphatic carbocycles. The zero-order valence-corrected chi connectivity index (χ0v) is 27.7. The van der Waals surface area contributed by atoms with Crippen LogP contribution in [0.5, 0.6) is 0 Å². The predicted molar refractivity (Wildman–Crippen MR) is 172 cm³/mol. The van der Waals surface area contributed by atoms with Gasteiger partial charge in [-0.3, -0.25) is 9.69 Å². The monoisotopic (exact) mass is 577 g/mol. The number of nitrogens with zero attached hydrogens (tertiary/aromatic N) is 3. The molecular weight excluding hydrogens is 522 g/mol. The molecule has 2 unspecified atom stereocenters. The quantitative estimate of drug-likeness (QED) is 0.365. The molecule has 0 aromatic heterocycles. The minimum atomic E-state index is -0.493. The SMILES string of the molecule is CC.Cc1ccc(C(c2ccccc2)N2CCN(C(=O)CC3CCN(C(=O)OC(C)(C)C)CC3)C(C(C)(C)C)C2)cc1. The number of piperidine rings is 1. The lowest BCUT2D eigenvalue weighted by atomic mass is 9.82. The van der Waals surface area contributed by atoms with E-state index < -0.39 is 5.60 Å². The van der Waals surface area contributed by atoms with Gasteiger partial charge in [0, 0.05) is 45.2 Å². The molecule has 2 atom stereocenters. The molecule has 0 radical (unpaired) electrons. The van der Waals surface area contributed by atoms with Crippen LogP contribution in [0.15, 0.2) is 54.6 Å². The third-order valence-corrected chi connectivity index (χ3v) is 8.33. The van der Waals surface area contributed by atoms with Gasteiger partial charge in [0.1, 0.15) is 5.60 Å². The number of rotatable bonds is 5. The molecule has 42 heavy (non-hydrogen) atoms. The number of hydrogen-bond donors (Lipinski definition) is 0. The van der Waals surface area contributed by atoms with Crippen molar-refractivity contribution in [1.29, 1.82) is 0 Å². The Balaban J connectivity index is 0.00000237. The van der Waals surface area contributed by atoms with Crippen LogP contribution in [0.1, 0.15) is 97.4 Å². The Morgan fingerprint density at radius 1 is 0.833 bits per heavy atom. The van der Waals surface area contributed by atoms with Crippen LogP contribution in [-0.4, -0.2) is 71.1 Å². The van der Waals surface area contributed by atoms with Crippen LogP contribution in [0.3, 0.4) is 0 Å². The van der Waals surface area contributed by atoms with Gasteiger partial charge >= 0.3 is 6.09 Å². The van der Waals surface area contributed by atoms with Crippen molar-refractivity contribution >= 4 is 12.0 Å². The maximum Gasteiger partial charge on any atom is 0.410 e. The molecule has 2 aliphatic heterocycles. The van der Waals surface area contributed by atoms with Crippen LogP contribution in [0.4, 0.5) is 4.79 Å². The van der Waals surface area contributed by atoms with Gasteiger partial charge in [-0.15, -0.1) is 0 Å². The first-order valence-corrected chi connectivity index (χ1v) is 15.9. The van der Waals surface area contributed by atoms with E-state index in [1.54, 1.807) is 4.90 Å². The van der Waals surface area contributed by atoms with E-state index in [2.05, 4.69) is 92.1 Å². The summed E-state index contributed by atoms with van der Waals surface area (Å²) in [6.45, 7) is 22.3. The van der Waals surface area contributed by atoms with Crippen LogP contribution < -0.4 is 0 Å². The summed E-state index contributed by atoms with van der Waals surface area (Å²) in [6, 6.07) is 19.9. The molecule has 2 saturated heterocycles. The second-order valence-electron chi connectivity index (χ2n) is 13.8. The minimum absolute atomic E-state index is 0.0527. The third-order valence-electron chi connectivity index (χ3n) is 8.33. The van der Waals surface area contributed by atoms with Gasteiger partial charge in [-0.2, -0.15) is 0 Å². The van der Waals surface area contributed by atoms with Gasteiger partial charge in [-0.1, -0.05) is 94.8 Å². The molecule has 0 bridgehead atoms. The number of aryl methyl sites for hydroxylation is 1. The smallest absolute Gasteiger partial charge is 0.410 e. The standard InChI is InChI=1S/C34H49N3O3.C2H6/c1-25-13-15-28(16-14-25)31(27-11-9-8-10-12-27)36-21-22-37(29(24-36)33(2,3)4)30(38)23-26-17-19-35(20-18-26)32(39)40-34(5,6)7;1-2/h8-16,26,29,31H,17-24H2,1-7H3;1-2H3. The van der Waals surface area contributed by atoms with Crippen LogP contribution in [0.25, 0.3) is 0 Å². The molecule has 0 spiro atoms. The highest BCUT2D eigenvalue weighted by atomic mass is 16.6. The van der Waals surface area contributed by atoms with E-state index in [1.165, 1.54) is 16.7 Å². The molecule has 0 N–H and O–H groups in total. The fourth-order valence-corrected chi connectivity index (χ4v) is 6.09. The molecular formula is C36H55N3O3. The van der Waals surface area contributed by atoms with Crippen LogP contribution in [-0.2, 0) is 9.53 Å². The van der Waals surface area contributed by atoms with Gasteiger partial charge in [0.2, 0.25) is 5.91 Å². The zero-order valence-electron chi connectivity index (χ0n) is 27.7. The zero-order chi connectivity index (χ0) is 31.1. The van der Waals surface area contributed by atoms with E-state index in [0.717, 1.165) is 32.5 Å². The van der Waals surface area contributed by atoms with Crippen molar-refractivity contribution in [2.75, 3.05) is 32.7 Å². The summed E-state index contributed by atoms with van der Waals surface area (Å²) in [7, 11) is 0. The van der Waals surface area contributed by atoms with Gasteiger partial charge in [0.25, 0.3) is 0 Å². The van der Waals surface area contributed by atoms with Crippen molar-refractivity contribution in [2.45, 2.75) is 99.3 Å². The largest absolute Gasteiger partial charge is 0.444 e. The molecule has 2 amide bonds. The number of likely N-dealkylation sites (tertiary alicyclic amines) is 1. The first-order chi connectivity index (χ1) is 19.8. The maximum atomic E-state index is 13.8. The van der Waals surface area contributed by atoms with Crippen molar-refractivity contribution in [2.24, 2.45) is 11.3 Å². The van der Waals surface area contributed by atoms with Gasteiger partial charge in [-0.05, 0) is 63.0 Å². The molecule has 232 valence electrons. The summed E-state index contributed by atoms with van der Waals surface area (Å²) < 4.78 is 5.55. The Labute approximate surface area is 255 Å². The van der Waals surface area contributed by atoms with E-state index in [4.69, 9.17) is 4.74 Å². The molecule has 6 nitrogen and oxygen atoms in total. The summed E-state index contributed by atoms with van der Waals surface area (Å²) in [4.78, 5) is 32.8. The van der Waals surface area contributed by atoms with Crippen molar-refractivity contribution in [3.8, 4) is 0 Å². The van der Waals surface area contributed by atoms with Crippen molar-refractivity contribution in [3.63, 3.8) is 0 Å². The summed E-state index contributed by atoms with van der Waals surface area (Å²) in [6.07, 6.45) is 1.99. The first-order valence-electron chi connectivity index (χ1n) is 15.9. The van der Waals surface area contributed by atoms with Crippen molar-refractivity contribution in [3.05, 3.63) is 71.3 Å². The maximum absolute atomic E-state index is 13.8. The summed E-state index contributed by atoms with van der Waals surface area (Å²) in [5.74, 6) is 0.552. The van der Waals surface area contributed by atoms with Crippen molar-refractivity contribution < 1.29 is 14.3 Å². The fraction of sp³-hybridized carbons (Fsp3) is 0.611. The number of carbonyl (C=O) groups is 2. The van der Waals surface area contributed by atoms with Gasteiger partial charge in [-0.25, -0.2) is 4.79 Å². The van der Waals surface area contributed by atoms with E-state index in [-0.39, 0.29) is 29.5 Å². The first kappa shape index (κ1) is 33.6. The molecule has 2 aromatic rings. The van der Waals surface area contributed by atoms with Crippen LogP contribution >= 0.6 is 0 Å². The highest BCUT2D eigenvalue weighted by Crippen LogP contribution is 2.36. The average Bonchev–Trinajstić information content (AvgIpc) is 2.95. The number of carbonyl (C=O) groups excluding carboxylic acids is 2. The highest BCUT2D eigenvalue weighted by molar-refractivity contribution is 5.77. The molecule has 2 heterocycles. The highest BCUT2D eigenvalue weighted by Gasteiger charge is 2.41. The molecule has 2 aliphatic rings. The number of piperazine rings is 1. The lowest BCUT2D eigenvalue weighted by Gasteiger charge is -2.50. The van der Waals surface area contributed by atoms with Crippen LogP contribution in [0.2, 0.25) is 0 Å². The Hall–Kier alpha value is -2.86. The van der Waals surface area contributed by atoms with E-state index in [1.807, 2.05) is 34.6 Å². The molecule has 2 fully saturated rings. The lowest BCUT2D eigenvalue weighted by Crippen LogP contribution is -2.60. The van der Waals surface area contributed by atoms with E-state index >= 15 is 0 Å². The number of amides is 2. The van der Waals surface area contributed by atoms with Crippen LogP contribution in [0, 0.1) is 18.3 Å². The molecule has 4 rings (SSSR count). The van der Waals surface area contributed by atoms with Gasteiger partial charge in [0.15, 0.2) is 0 Å². The van der Waals surface area contributed by atoms with Gasteiger partial charge in [0.05, 0.1) is 6.04 Å². The Kier molecular flexibility index (Phi) is 11.7. The van der Waals surface area contributed by atoms with Gasteiger partial charge < -0.3 is 14.5 Å². The topological polar surface area (TPSA) is 53.1 Å². The summed E-state index contributed by atoms with van der Waals surface area (Å²) >= 11 is 0. The van der Waals surface area contributed by atoms with Crippen molar-refractivity contribution in [1.82, 2.24) is 14.7 Å². The Morgan fingerprint density at radius 2 is 1.40 bits per heavy atom. The normalized spacial score (nSPS) is 19.5. The summed E-state index contributed by atoms with van der Waals surface area (Å²) in [5.41, 5.74) is 3.29. The molecule has 0 saturated carbocycles. The third kappa shape index (κ3) is 9.07. The number of ether oxygens (including phenoxy) is 1. The molecule has 2 aromatic carbocycles. The number of benzene rings is 2. The Bertz CT molecular complexity index is 1130. The summed E-state index contributed by atoms with van der Waals surface area (Å²) in [5, 5.41) is 0. The lowest BCUT2D eigenvalue weighted by molar-refractivity contribution is -0.141. The average molecular weight is 578 g/mol. The predicted octanol–water partition coefficient (Wildman–Crippen LogP) is 7.71. The fourth-order valence-electron chi connectivity index (χ4n) is 6.09. The van der Waals surface area contributed by atoms with E-state index in [0.29, 0.717) is 25.4 Å². The second kappa shape index (κ2) is 14.5. The Morgan fingerprint density at radius 3 is 1.95 bits per heavy atom. The van der Waals surface area contributed by atoms with E-state index in [9.17, 15) is 9.59 Å².